The highest BCUT2D eigenvalue weighted by Crippen LogP contribution is 2.24. The Balaban J connectivity index is 1.63. The average Bonchev–Trinajstić information content (AvgIpc) is 3.21. The number of amides is 1. The van der Waals surface area contributed by atoms with E-state index < -0.39 is 30.2 Å². The standard InChI is InChI=1S/C23H23NO7/c25-21(26)11-12-29-19-13-20(22(27)30-15-17-7-3-1-4-8-17)24(14-19)23(28)31-16-18-9-5-2-6-10-18/h1-12,19-20H,13-16H2,(H,25,26)/b12-11+/t19-,20-/m0/s1. The van der Waals surface area contributed by atoms with E-state index in [4.69, 9.17) is 19.3 Å². The quantitative estimate of drug-likeness (QED) is 0.394. The minimum atomic E-state index is -1.16. The van der Waals surface area contributed by atoms with Crippen molar-refractivity contribution in [2.75, 3.05) is 6.54 Å². The molecular formula is C23H23NO7. The zero-order valence-corrected chi connectivity index (χ0v) is 16.8. The van der Waals surface area contributed by atoms with Crippen LogP contribution in [0.5, 0.6) is 0 Å². The smallest absolute Gasteiger partial charge is 0.410 e. The molecule has 8 nitrogen and oxygen atoms in total. The van der Waals surface area contributed by atoms with E-state index in [1.54, 1.807) is 0 Å². The second-order valence-corrected chi connectivity index (χ2v) is 6.94. The number of ether oxygens (including phenoxy) is 3. The molecule has 1 heterocycles. The molecule has 1 saturated heterocycles. The van der Waals surface area contributed by atoms with E-state index in [1.165, 1.54) is 4.90 Å². The van der Waals surface area contributed by atoms with Crippen molar-refractivity contribution in [1.29, 1.82) is 0 Å². The highest BCUT2D eigenvalue weighted by molar-refractivity contribution is 5.82. The van der Waals surface area contributed by atoms with Crippen LogP contribution in [0.3, 0.4) is 0 Å². The van der Waals surface area contributed by atoms with Gasteiger partial charge in [-0.1, -0.05) is 60.7 Å². The summed E-state index contributed by atoms with van der Waals surface area (Å²) < 4.78 is 16.1. The Morgan fingerprint density at radius 3 is 2.10 bits per heavy atom. The Morgan fingerprint density at radius 1 is 0.935 bits per heavy atom. The molecular weight excluding hydrogens is 402 g/mol. The number of aliphatic carboxylic acids is 1. The lowest BCUT2D eigenvalue weighted by atomic mass is 10.2. The number of carbonyl (C=O) groups is 3. The largest absolute Gasteiger partial charge is 0.496 e. The molecule has 0 unspecified atom stereocenters. The maximum absolute atomic E-state index is 12.7. The van der Waals surface area contributed by atoms with Gasteiger partial charge in [0, 0.05) is 6.42 Å². The van der Waals surface area contributed by atoms with Gasteiger partial charge in [0.25, 0.3) is 0 Å². The van der Waals surface area contributed by atoms with Crippen LogP contribution in [-0.4, -0.2) is 46.7 Å². The van der Waals surface area contributed by atoms with Crippen molar-refractivity contribution in [2.45, 2.75) is 31.8 Å². The van der Waals surface area contributed by atoms with Crippen LogP contribution in [0, 0.1) is 0 Å². The van der Waals surface area contributed by atoms with E-state index in [1.807, 2.05) is 60.7 Å². The molecule has 1 aliphatic heterocycles. The third-order valence-corrected chi connectivity index (χ3v) is 4.68. The number of benzene rings is 2. The fraction of sp³-hybridized carbons (Fsp3) is 0.261. The van der Waals surface area contributed by atoms with Gasteiger partial charge in [-0.05, 0) is 11.1 Å². The summed E-state index contributed by atoms with van der Waals surface area (Å²) >= 11 is 0. The van der Waals surface area contributed by atoms with Crippen LogP contribution < -0.4 is 0 Å². The maximum atomic E-state index is 12.7. The number of hydrogen-bond acceptors (Lipinski definition) is 6. The molecule has 1 N–H and O–H groups in total. The lowest BCUT2D eigenvalue weighted by Gasteiger charge is -2.22. The molecule has 0 aliphatic carbocycles. The normalized spacial score (nSPS) is 18.0. The first-order chi connectivity index (χ1) is 15.0. The zero-order valence-electron chi connectivity index (χ0n) is 16.8. The van der Waals surface area contributed by atoms with Gasteiger partial charge in [0.1, 0.15) is 25.4 Å². The molecule has 1 amide bonds. The van der Waals surface area contributed by atoms with Crippen molar-refractivity contribution in [3.8, 4) is 0 Å². The highest BCUT2D eigenvalue weighted by atomic mass is 16.6. The highest BCUT2D eigenvalue weighted by Gasteiger charge is 2.42. The number of nitrogens with zero attached hydrogens (tertiary/aromatic N) is 1. The molecule has 0 spiro atoms. The molecule has 0 saturated carbocycles. The number of carbonyl (C=O) groups excluding carboxylic acids is 2. The van der Waals surface area contributed by atoms with Gasteiger partial charge in [-0.2, -0.15) is 0 Å². The fourth-order valence-corrected chi connectivity index (χ4v) is 3.16. The predicted octanol–water partition coefficient (Wildman–Crippen LogP) is 3.12. The van der Waals surface area contributed by atoms with Crippen LogP contribution in [0.15, 0.2) is 73.0 Å². The van der Waals surface area contributed by atoms with Gasteiger partial charge in [-0.25, -0.2) is 14.4 Å². The average molecular weight is 425 g/mol. The van der Waals surface area contributed by atoms with Crippen LogP contribution in [0.2, 0.25) is 0 Å². The summed E-state index contributed by atoms with van der Waals surface area (Å²) in [6.07, 6.45) is 0.822. The Morgan fingerprint density at radius 2 is 1.52 bits per heavy atom. The second-order valence-electron chi connectivity index (χ2n) is 6.94. The Hall–Kier alpha value is -3.81. The van der Waals surface area contributed by atoms with E-state index in [0.717, 1.165) is 23.5 Å². The number of rotatable bonds is 8. The molecule has 2 aromatic carbocycles. The molecule has 8 heteroatoms. The molecule has 1 aliphatic rings. The summed E-state index contributed by atoms with van der Waals surface area (Å²) in [6.45, 7) is 0.211. The van der Waals surface area contributed by atoms with Crippen molar-refractivity contribution in [3.63, 3.8) is 0 Å². The van der Waals surface area contributed by atoms with Gasteiger partial charge in [0.05, 0.1) is 18.9 Å². The third kappa shape index (κ3) is 6.60. The molecule has 2 aromatic rings. The number of carboxylic acid groups (broad SMARTS) is 1. The van der Waals surface area contributed by atoms with Gasteiger partial charge in [0.15, 0.2) is 0 Å². The lowest BCUT2D eigenvalue weighted by molar-refractivity contribution is -0.150. The number of likely N-dealkylation sites (tertiary alicyclic amines) is 1. The first-order valence-corrected chi connectivity index (χ1v) is 9.75. The summed E-state index contributed by atoms with van der Waals surface area (Å²) in [5, 5.41) is 8.70. The first-order valence-electron chi connectivity index (χ1n) is 9.75. The van der Waals surface area contributed by atoms with Crippen molar-refractivity contribution >= 4 is 18.0 Å². The molecule has 162 valence electrons. The molecule has 0 aromatic heterocycles. The minimum Gasteiger partial charge on any atom is -0.496 e. The summed E-state index contributed by atoms with van der Waals surface area (Å²) in [4.78, 5) is 37.3. The third-order valence-electron chi connectivity index (χ3n) is 4.68. The van der Waals surface area contributed by atoms with Crippen LogP contribution in [-0.2, 0) is 37.0 Å². The topological polar surface area (TPSA) is 102 Å². The monoisotopic (exact) mass is 425 g/mol. The lowest BCUT2D eigenvalue weighted by Crippen LogP contribution is -2.41. The van der Waals surface area contributed by atoms with E-state index in [0.29, 0.717) is 0 Å². The summed E-state index contributed by atoms with van der Waals surface area (Å²) in [6, 6.07) is 17.5. The van der Waals surface area contributed by atoms with E-state index in [-0.39, 0.29) is 26.2 Å². The van der Waals surface area contributed by atoms with Crippen molar-refractivity contribution in [2.24, 2.45) is 0 Å². The van der Waals surface area contributed by atoms with Gasteiger partial charge in [0.2, 0.25) is 0 Å². The molecule has 31 heavy (non-hydrogen) atoms. The zero-order chi connectivity index (χ0) is 22.1. The number of esters is 1. The van der Waals surface area contributed by atoms with Gasteiger partial charge >= 0.3 is 18.0 Å². The van der Waals surface area contributed by atoms with Crippen LogP contribution >= 0.6 is 0 Å². The van der Waals surface area contributed by atoms with Crippen molar-refractivity contribution < 1.29 is 33.7 Å². The number of hydrogen-bond donors (Lipinski definition) is 1. The van der Waals surface area contributed by atoms with Crippen molar-refractivity contribution in [1.82, 2.24) is 4.90 Å². The molecule has 2 atom stereocenters. The SMILES string of the molecule is O=C(O)/C=C/O[C@H]1C[C@@H](C(=O)OCc2ccccc2)N(C(=O)OCc2ccccc2)C1. The van der Waals surface area contributed by atoms with E-state index in [9.17, 15) is 14.4 Å². The predicted molar refractivity (Wildman–Crippen MR) is 110 cm³/mol. The van der Waals surface area contributed by atoms with Crippen molar-refractivity contribution in [3.05, 3.63) is 84.1 Å². The summed E-state index contributed by atoms with van der Waals surface area (Å²) in [5.41, 5.74) is 1.64. The Kier molecular flexibility index (Phi) is 7.64. The van der Waals surface area contributed by atoms with E-state index >= 15 is 0 Å². The Bertz CT molecular complexity index is 851. The van der Waals surface area contributed by atoms with Gasteiger partial charge < -0.3 is 19.3 Å². The summed E-state index contributed by atoms with van der Waals surface area (Å²) in [5.74, 6) is -1.73. The summed E-state index contributed by atoms with van der Waals surface area (Å²) in [7, 11) is 0. The maximum Gasteiger partial charge on any atom is 0.410 e. The molecule has 1 fully saturated rings. The van der Waals surface area contributed by atoms with Gasteiger partial charge in [-0.3, -0.25) is 4.90 Å². The van der Waals surface area contributed by atoms with Crippen LogP contribution in [0.1, 0.15) is 17.5 Å². The van der Waals surface area contributed by atoms with Crippen LogP contribution in [0.25, 0.3) is 0 Å². The van der Waals surface area contributed by atoms with Gasteiger partial charge in [-0.15, -0.1) is 0 Å². The molecule has 0 bridgehead atoms. The number of carboxylic acids is 1. The van der Waals surface area contributed by atoms with Crippen LogP contribution in [0.4, 0.5) is 4.79 Å². The van der Waals surface area contributed by atoms with E-state index in [2.05, 4.69) is 0 Å². The molecule has 0 radical (unpaired) electrons. The first kappa shape index (κ1) is 21.9. The molecule has 3 rings (SSSR count). The Labute approximate surface area is 179 Å². The minimum absolute atomic E-state index is 0.0619. The fourth-order valence-electron chi connectivity index (χ4n) is 3.16. The second kappa shape index (κ2) is 10.8.